The van der Waals surface area contributed by atoms with E-state index in [-0.39, 0.29) is 0 Å². The molecule has 2 aromatic carbocycles. The predicted octanol–water partition coefficient (Wildman–Crippen LogP) is 5.19. The fourth-order valence-corrected chi connectivity index (χ4v) is 3.63. The number of anilines is 1. The van der Waals surface area contributed by atoms with Gasteiger partial charge in [0.05, 0.1) is 17.4 Å². The summed E-state index contributed by atoms with van der Waals surface area (Å²) >= 11 is -1.37. The van der Waals surface area contributed by atoms with Gasteiger partial charge in [-0.3, -0.25) is 4.90 Å². The van der Waals surface area contributed by atoms with Crippen LogP contribution in [0.15, 0.2) is 52.9 Å². The number of rotatable bonds is 4. The minimum atomic E-state index is -1.37. The molecular weight excluding hydrogens is 412 g/mol. The summed E-state index contributed by atoms with van der Waals surface area (Å²) in [4.78, 5) is 13.6. The molecule has 1 heterocycles. The van der Waals surface area contributed by atoms with E-state index >= 15 is 0 Å². The predicted molar refractivity (Wildman–Crippen MR) is 127 cm³/mol. The first-order chi connectivity index (χ1) is 14.4. The lowest BCUT2D eigenvalue weighted by Crippen LogP contribution is -2.46. The Balaban J connectivity index is 2.19. The number of para-hydroxylation sites is 1. The van der Waals surface area contributed by atoms with Crippen LogP contribution in [0.25, 0.3) is 16.6 Å². The maximum atomic E-state index is 12.2. The Morgan fingerprint density at radius 3 is 2.32 bits per heavy atom. The van der Waals surface area contributed by atoms with E-state index in [2.05, 4.69) is 4.40 Å². The summed E-state index contributed by atoms with van der Waals surface area (Å²) in [6.07, 6.45) is 0.512. The van der Waals surface area contributed by atoms with Crippen molar-refractivity contribution in [2.24, 2.45) is 4.40 Å². The molecule has 1 N–H and O–H groups in total. The van der Waals surface area contributed by atoms with E-state index < -0.39 is 27.7 Å². The van der Waals surface area contributed by atoms with E-state index in [4.69, 9.17) is 5.10 Å². The molecule has 1 unspecified atom stereocenters. The fourth-order valence-electron chi connectivity index (χ4n) is 3.10. The molecule has 0 bridgehead atoms. The van der Waals surface area contributed by atoms with Gasteiger partial charge < -0.3 is 9.66 Å². The number of fused-ring (bicyclic) bond motifs is 1. The van der Waals surface area contributed by atoms with Crippen LogP contribution >= 0.6 is 0 Å². The minimum Gasteiger partial charge on any atom is -0.591 e. The summed E-state index contributed by atoms with van der Waals surface area (Å²) in [7, 11) is 0. The number of hydrogen-bond donors (Lipinski definition) is 1. The Kier molecular flexibility index (Phi) is 6.16. The van der Waals surface area contributed by atoms with Crippen LogP contribution in [-0.4, -0.2) is 42.0 Å². The van der Waals surface area contributed by atoms with E-state index in [1.807, 2.05) is 90.1 Å². The van der Waals surface area contributed by atoms with Gasteiger partial charge in [-0.15, -0.1) is 0 Å². The van der Waals surface area contributed by atoms with Crippen molar-refractivity contribution in [1.29, 1.82) is 0 Å². The summed E-state index contributed by atoms with van der Waals surface area (Å²) < 4.78 is 17.6. The first-order valence-corrected chi connectivity index (χ1v) is 11.1. The summed E-state index contributed by atoms with van der Waals surface area (Å²) in [6.45, 7) is 11.1. The Morgan fingerprint density at radius 2 is 1.77 bits per heavy atom. The monoisotopic (exact) mass is 440 g/mol. The van der Waals surface area contributed by atoms with Crippen LogP contribution in [0.3, 0.4) is 0 Å². The molecule has 0 fully saturated rings. The van der Waals surface area contributed by atoms with Crippen molar-refractivity contribution >= 4 is 40.4 Å². The van der Waals surface area contributed by atoms with E-state index in [1.165, 1.54) is 4.90 Å². The third-order valence-corrected chi connectivity index (χ3v) is 5.91. The molecule has 3 aromatic rings. The molecule has 1 atom stereocenters. The summed E-state index contributed by atoms with van der Waals surface area (Å²) in [5.41, 5.74) is 1.44. The van der Waals surface area contributed by atoms with Gasteiger partial charge in [-0.05, 0) is 71.4 Å². The molecule has 164 valence electrons. The number of carbonyl (C=O) groups is 1. The van der Waals surface area contributed by atoms with Gasteiger partial charge in [0, 0.05) is 10.9 Å². The van der Waals surface area contributed by atoms with Gasteiger partial charge in [0.2, 0.25) is 0 Å². The van der Waals surface area contributed by atoms with Crippen LogP contribution in [-0.2, 0) is 11.4 Å². The molecule has 0 aliphatic carbocycles. The normalized spacial score (nSPS) is 13.6. The van der Waals surface area contributed by atoms with Crippen molar-refractivity contribution in [3.63, 3.8) is 0 Å². The van der Waals surface area contributed by atoms with Crippen LogP contribution in [0.4, 0.5) is 10.6 Å². The average molecular weight is 441 g/mol. The van der Waals surface area contributed by atoms with Crippen LogP contribution in [0.5, 0.6) is 0 Å². The molecule has 0 aliphatic heterocycles. The largest absolute Gasteiger partial charge is 0.591 e. The third kappa shape index (κ3) is 4.91. The first kappa shape index (κ1) is 22.8. The second kappa shape index (κ2) is 8.36. The second-order valence-electron chi connectivity index (χ2n) is 9.23. The van der Waals surface area contributed by atoms with Crippen molar-refractivity contribution in [3.05, 3.63) is 54.1 Å². The van der Waals surface area contributed by atoms with Crippen LogP contribution in [0, 0.1) is 0 Å². The minimum absolute atomic E-state index is 0.447. The Bertz CT molecular complexity index is 1110. The van der Waals surface area contributed by atoms with Crippen molar-refractivity contribution in [3.8, 4) is 5.69 Å². The van der Waals surface area contributed by atoms with Crippen molar-refractivity contribution in [2.75, 3.05) is 4.90 Å². The highest BCUT2D eigenvalue weighted by Gasteiger charge is 2.33. The topological polar surface area (TPSA) is 93.8 Å². The highest BCUT2D eigenvalue weighted by Crippen LogP contribution is 2.34. The zero-order chi connectivity index (χ0) is 23.0. The lowest BCUT2D eigenvalue weighted by molar-refractivity contribution is 0.195. The van der Waals surface area contributed by atoms with Gasteiger partial charge in [0.25, 0.3) is 0 Å². The number of benzene rings is 2. The Labute approximate surface area is 185 Å². The van der Waals surface area contributed by atoms with E-state index in [9.17, 15) is 14.5 Å². The van der Waals surface area contributed by atoms with Crippen molar-refractivity contribution in [2.45, 2.75) is 51.8 Å². The summed E-state index contributed by atoms with van der Waals surface area (Å²) in [5, 5.41) is 15.4. The Hall–Kier alpha value is -2.84. The Morgan fingerprint density at radius 1 is 1.13 bits per heavy atom. The average Bonchev–Trinajstić information content (AvgIpc) is 3.03. The fraction of sp³-hybridized carbons (Fsp3) is 0.348. The highest BCUT2D eigenvalue weighted by molar-refractivity contribution is 7.91. The maximum Gasteiger partial charge on any atom is 0.413 e. The molecule has 31 heavy (non-hydrogen) atoms. The van der Waals surface area contributed by atoms with Crippen molar-refractivity contribution < 1.29 is 14.5 Å². The molecule has 0 aliphatic rings. The highest BCUT2D eigenvalue weighted by atomic mass is 32.2. The molecule has 0 saturated carbocycles. The number of hydrogen-bond acceptors (Lipinski definition) is 4. The standard InChI is InChI=1S/C23H28N4O3S/c1-22(2,3)26(21(28)29)20-18-13-12-16(15-24-31(30)23(4,5)6)14-19(18)25-27(20)17-10-8-7-9-11-17/h7-15H,1-6H3,(H,28,29)/b24-15+. The number of aromatic nitrogens is 2. The van der Waals surface area contributed by atoms with Crippen molar-refractivity contribution in [1.82, 2.24) is 9.78 Å². The molecule has 1 aromatic heterocycles. The maximum absolute atomic E-state index is 12.2. The van der Waals surface area contributed by atoms with Gasteiger partial charge in [-0.25, -0.2) is 9.48 Å². The second-order valence-corrected chi connectivity index (χ2v) is 11.2. The van der Waals surface area contributed by atoms with Gasteiger partial charge in [0.15, 0.2) is 0 Å². The molecule has 8 heteroatoms. The zero-order valence-electron chi connectivity index (χ0n) is 18.7. The smallest absolute Gasteiger partial charge is 0.413 e. The lowest BCUT2D eigenvalue weighted by atomic mass is 10.1. The summed E-state index contributed by atoms with van der Waals surface area (Å²) in [6, 6.07) is 14.9. The van der Waals surface area contributed by atoms with Crippen LogP contribution in [0.1, 0.15) is 47.1 Å². The molecule has 7 nitrogen and oxygen atoms in total. The quantitative estimate of drug-likeness (QED) is 0.446. The molecule has 1 amide bonds. The molecule has 0 saturated heterocycles. The SMILES string of the molecule is CC(C)(C)N(C(=O)O)c1c2ccc(/C=N/[S+]([O-])C(C)(C)C)cc2nn1-c1ccccc1. The molecule has 0 radical (unpaired) electrons. The summed E-state index contributed by atoms with van der Waals surface area (Å²) in [5.74, 6) is 0.475. The van der Waals surface area contributed by atoms with Gasteiger partial charge >= 0.3 is 6.09 Å². The van der Waals surface area contributed by atoms with Gasteiger partial charge in [0.1, 0.15) is 21.9 Å². The molecule has 0 spiro atoms. The number of amides is 1. The first-order valence-electron chi connectivity index (χ1n) is 9.97. The zero-order valence-corrected chi connectivity index (χ0v) is 19.5. The molecule has 3 rings (SSSR count). The van der Waals surface area contributed by atoms with E-state index in [0.717, 1.165) is 11.3 Å². The van der Waals surface area contributed by atoms with Gasteiger partial charge in [-0.1, -0.05) is 28.7 Å². The van der Waals surface area contributed by atoms with Crippen LogP contribution in [0.2, 0.25) is 0 Å². The van der Waals surface area contributed by atoms with Gasteiger partial charge in [-0.2, -0.15) is 5.10 Å². The number of nitrogens with zero attached hydrogens (tertiary/aromatic N) is 4. The van der Waals surface area contributed by atoms with E-state index in [0.29, 0.717) is 16.7 Å². The van der Waals surface area contributed by atoms with Crippen LogP contribution < -0.4 is 4.90 Å². The number of carboxylic acid groups (broad SMARTS) is 1. The van der Waals surface area contributed by atoms with E-state index in [1.54, 1.807) is 10.9 Å². The third-order valence-electron chi connectivity index (χ3n) is 4.57. The lowest BCUT2D eigenvalue weighted by Gasteiger charge is -2.33. The molecular formula is C23H28N4O3S.